The third-order valence-electron chi connectivity index (χ3n) is 3.62. The molecule has 1 saturated carbocycles. The van der Waals surface area contributed by atoms with Crippen molar-refractivity contribution in [3.8, 4) is 0 Å². The van der Waals surface area contributed by atoms with Crippen molar-refractivity contribution >= 4 is 27.5 Å². The molecule has 1 aromatic carbocycles. The van der Waals surface area contributed by atoms with Gasteiger partial charge in [-0.1, -0.05) is 6.92 Å². The van der Waals surface area contributed by atoms with Crippen LogP contribution in [0.3, 0.4) is 0 Å². The highest BCUT2D eigenvalue weighted by atomic mass is 79.9. The van der Waals surface area contributed by atoms with Crippen LogP contribution in [0.2, 0.25) is 0 Å². The average Bonchev–Trinajstić information content (AvgIpc) is 2.27. The van der Waals surface area contributed by atoms with Crippen molar-refractivity contribution in [2.24, 2.45) is 0 Å². The number of nitrogens with one attached hydrogen (secondary N) is 1. The zero-order chi connectivity index (χ0) is 12.5. The number of halogens is 1. The van der Waals surface area contributed by atoms with Crippen LogP contribution >= 0.6 is 15.9 Å². The van der Waals surface area contributed by atoms with Gasteiger partial charge in [0, 0.05) is 21.3 Å². The summed E-state index contributed by atoms with van der Waals surface area (Å²) in [5, 5.41) is 3.13. The summed E-state index contributed by atoms with van der Waals surface area (Å²) < 4.78 is 0.822. The third kappa shape index (κ3) is 2.46. The average molecular weight is 297 g/mol. The summed E-state index contributed by atoms with van der Waals surface area (Å²) in [4.78, 5) is 12.1. The van der Waals surface area contributed by atoms with Crippen molar-refractivity contribution in [2.45, 2.75) is 38.1 Å². The van der Waals surface area contributed by atoms with Gasteiger partial charge < -0.3 is 11.1 Å². The number of nitrogens with two attached hydrogens (primary N) is 1. The molecular formula is C13H17BrN2O. The first kappa shape index (κ1) is 12.4. The largest absolute Gasteiger partial charge is 0.398 e. The topological polar surface area (TPSA) is 55.1 Å². The Kier molecular flexibility index (Phi) is 3.43. The molecule has 1 aromatic rings. The van der Waals surface area contributed by atoms with E-state index >= 15 is 0 Å². The number of rotatable bonds is 3. The number of nitrogen functional groups attached to an aromatic ring is 1. The van der Waals surface area contributed by atoms with Gasteiger partial charge in [0.2, 0.25) is 0 Å². The monoisotopic (exact) mass is 296 g/mol. The summed E-state index contributed by atoms with van der Waals surface area (Å²) in [6.45, 7) is 2.12. The van der Waals surface area contributed by atoms with Crippen molar-refractivity contribution in [2.75, 3.05) is 5.73 Å². The van der Waals surface area contributed by atoms with Crippen LogP contribution in [0.5, 0.6) is 0 Å². The zero-order valence-corrected chi connectivity index (χ0v) is 11.5. The molecule has 1 aliphatic rings. The lowest BCUT2D eigenvalue weighted by Gasteiger charge is -2.42. The fourth-order valence-electron chi connectivity index (χ4n) is 2.17. The maximum Gasteiger partial charge on any atom is 0.251 e. The van der Waals surface area contributed by atoms with Gasteiger partial charge in [0.05, 0.1) is 0 Å². The van der Waals surface area contributed by atoms with Crippen LogP contribution in [0.25, 0.3) is 0 Å². The maximum atomic E-state index is 12.1. The molecule has 4 heteroatoms. The van der Waals surface area contributed by atoms with E-state index in [2.05, 4.69) is 28.2 Å². The number of carbonyl (C=O) groups is 1. The van der Waals surface area contributed by atoms with Gasteiger partial charge in [0.1, 0.15) is 0 Å². The molecule has 0 aliphatic heterocycles. The Morgan fingerprint density at radius 2 is 2.24 bits per heavy atom. The molecule has 1 fully saturated rings. The van der Waals surface area contributed by atoms with Gasteiger partial charge in [-0.2, -0.15) is 0 Å². The zero-order valence-electron chi connectivity index (χ0n) is 9.92. The number of hydrogen-bond acceptors (Lipinski definition) is 2. The molecule has 1 aliphatic carbocycles. The predicted molar refractivity (Wildman–Crippen MR) is 72.9 cm³/mol. The normalized spacial score (nSPS) is 17.3. The Hall–Kier alpha value is -1.03. The lowest BCUT2D eigenvalue weighted by atomic mass is 9.74. The van der Waals surface area contributed by atoms with E-state index < -0.39 is 0 Å². The standard InChI is InChI=1S/C13H17BrN2O/c1-2-13(6-3-7-13)16-12(17)9-4-5-10(14)11(15)8-9/h4-5,8H,2-3,6-7,15H2,1H3,(H,16,17). The first-order valence-electron chi connectivity index (χ1n) is 5.94. The minimum atomic E-state index is -0.0225. The van der Waals surface area contributed by atoms with Crippen molar-refractivity contribution in [1.29, 1.82) is 0 Å². The minimum absolute atomic E-state index is 0.0225. The molecule has 0 radical (unpaired) electrons. The van der Waals surface area contributed by atoms with E-state index in [-0.39, 0.29) is 11.4 Å². The molecule has 3 N–H and O–H groups in total. The van der Waals surface area contributed by atoms with Crippen molar-refractivity contribution < 1.29 is 4.79 Å². The van der Waals surface area contributed by atoms with Crippen LogP contribution < -0.4 is 11.1 Å². The van der Waals surface area contributed by atoms with Gasteiger partial charge in [-0.25, -0.2) is 0 Å². The summed E-state index contributed by atoms with van der Waals surface area (Å²) in [7, 11) is 0. The summed E-state index contributed by atoms with van der Waals surface area (Å²) >= 11 is 3.32. The quantitative estimate of drug-likeness (QED) is 0.842. The van der Waals surface area contributed by atoms with Crippen molar-refractivity contribution in [3.05, 3.63) is 28.2 Å². The van der Waals surface area contributed by atoms with E-state index in [0.717, 1.165) is 23.7 Å². The van der Waals surface area contributed by atoms with Gasteiger partial charge in [-0.05, 0) is 59.8 Å². The highest BCUT2D eigenvalue weighted by Gasteiger charge is 2.36. The van der Waals surface area contributed by atoms with Crippen LogP contribution in [0, 0.1) is 0 Å². The Labute approximate surface area is 110 Å². The van der Waals surface area contributed by atoms with E-state index in [4.69, 9.17) is 5.73 Å². The second-order valence-electron chi connectivity index (χ2n) is 4.68. The highest BCUT2D eigenvalue weighted by molar-refractivity contribution is 9.10. The molecule has 0 spiro atoms. The molecule has 0 atom stereocenters. The predicted octanol–water partition coefficient (Wildman–Crippen LogP) is 3.09. The van der Waals surface area contributed by atoms with Gasteiger partial charge >= 0.3 is 0 Å². The third-order valence-corrected chi connectivity index (χ3v) is 4.35. The smallest absolute Gasteiger partial charge is 0.251 e. The molecule has 0 unspecified atom stereocenters. The second-order valence-corrected chi connectivity index (χ2v) is 5.53. The number of benzene rings is 1. The van der Waals surface area contributed by atoms with E-state index in [9.17, 15) is 4.79 Å². The molecule has 2 rings (SSSR count). The molecule has 17 heavy (non-hydrogen) atoms. The summed E-state index contributed by atoms with van der Waals surface area (Å²) in [6, 6.07) is 5.31. The Morgan fingerprint density at radius 1 is 1.53 bits per heavy atom. The Bertz CT molecular complexity index is 436. The van der Waals surface area contributed by atoms with Crippen LogP contribution in [0.4, 0.5) is 5.69 Å². The molecule has 3 nitrogen and oxygen atoms in total. The lowest BCUT2D eigenvalue weighted by Crippen LogP contribution is -2.52. The van der Waals surface area contributed by atoms with Gasteiger partial charge in [-0.15, -0.1) is 0 Å². The number of anilines is 1. The molecule has 92 valence electrons. The fourth-order valence-corrected chi connectivity index (χ4v) is 2.42. The van der Waals surface area contributed by atoms with Crippen LogP contribution in [-0.4, -0.2) is 11.4 Å². The number of amides is 1. The fraction of sp³-hybridized carbons (Fsp3) is 0.462. The Morgan fingerprint density at radius 3 is 2.71 bits per heavy atom. The summed E-state index contributed by atoms with van der Waals surface area (Å²) in [6.07, 6.45) is 4.36. The van der Waals surface area contributed by atoms with Gasteiger partial charge in [0.25, 0.3) is 5.91 Å². The second kappa shape index (κ2) is 4.69. The molecular weight excluding hydrogens is 280 g/mol. The molecule has 1 amide bonds. The highest BCUT2D eigenvalue weighted by Crippen LogP contribution is 2.35. The first-order chi connectivity index (χ1) is 8.06. The first-order valence-corrected chi connectivity index (χ1v) is 6.73. The van der Waals surface area contributed by atoms with Crippen LogP contribution in [0.1, 0.15) is 43.0 Å². The molecule has 0 bridgehead atoms. The lowest BCUT2D eigenvalue weighted by molar-refractivity contribution is 0.0820. The summed E-state index contributed by atoms with van der Waals surface area (Å²) in [5.41, 5.74) is 7.03. The molecule has 0 aromatic heterocycles. The van der Waals surface area contributed by atoms with Crippen molar-refractivity contribution in [1.82, 2.24) is 5.32 Å². The van der Waals surface area contributed by atoms with Crippen molar-refractivity contribution in [3.63, 3.8) is 0 Å². The van der Waals surface area contributed by atoms with E-state index in [1.807, 2.05) is 6.07 Å². The van der Waals surface area contributed by atoms with E-state index in [0.29, 0.717) is 11.3 Å². The SMILES string of the molecule is CCC1(NC(=O)c2ccc(Br)c(N)c2)CCC1. The van der Waals surface area contributed by atoms with Crippen LogP contribution in [-0.2, 0) is 0 Å². The molecule has 0 saturated heterocycles. The minimum Gasteiger partial charge on any atom is -0.398 e. The number of carbonyl (C=O) groups excluding carboxylic acids is 1. The van der Waals surface area contributed by atoms with Gasteiger partial charge in [0.15, 0.2) is 0 Å². The Balaban J connectivity index is 2.11. The number of hydrogen-bond donors (Lipinski definition) is 2. The maximum absolute atomic E-state index is 12.1. The van der Waals surface area contributed by atoms with Crippen LogP contribution in [0.15, 0.2) is 22.7 Å². The molecule has 0 heterocycles. The summed E-state index contributed by atoms with van der Waals surface area (Å²) in [5.74, 6) is -0.0225. The van der Waals surface area contributed by atoms with E-state index in [1.165, 1.54) is 6.42 Å². The van der Waals surface area contributed by atoms with E-state index in [1.54, 1.807) is 12.1 Å². The van der Waals surface area contributed by atoms with Gasteiger partial charge in [-0.3, -0.25) is 4.79 Å².